The molecule has 1 unspecified atom stereocenters. The monoisotopic (exact) mass is 656 g/mol. The van der Waals surface area contributed by atoms with Crippen molar-refractivity contribution >= 4 is 17.2 Å². The van der Waals surface area contributed by atoms with Crippen molar-refractivity contribution in [2.24, 2.45) is 0 Å². The maximum atomic E-state index is 4.57. The molecule has 234 valence electrons. The summed E-state index contributed by atoms with van der Waals surface area (Å²) in [6.45, 7) is 28.9. The molecule has 43 heavy (non-hydrogen) atoms. The van der Waals surface area contributed by atoms with Gasteiger partial charge in [-0.15, -0.1) is 14.8 Å². The fourth-order valence-corrected chi connectivity index (χ4v) is 10.4. The molecule has 2 aromatic carbocycles. The van der Waals surface area contributed by atoms with Crippen LogP contribution < -0.4 is 0 Å². The van der Waals surface area contributed by atoms with E-state index >= 15 is 0 Å². The number of pyridine rings is 2. The van der Waals surface area contributed by atoms with Crippen LogP contribution in [0.25, 0.3) is 0 Å². The van der Waals surface area contributed by atoms with Crippen molar-refractivity contribution in [1.29, 1.82) is 0 Å². The summed E-state index contributed by atoms with van der Waals surface area (Å²) < 4.78 is 0. The van der Waals surface area contributed by atoms with Crippen molar-refractivity contribution in [3.63, 3.8) is 0 Å². The molecular weight excluding hydrogens is 602 g/mol. The summed E-state index contributed by atoms with van der Waals surface area (Å²) in [5, 5.41) is 0.00870. The molecule has 1 atom stereocenters. The molecule has 4 rings (SSSR count). The molecule has 2 heterocycles. The van der Waals surface area contributed by atoms with Gasteiger partial charge in [-0.3, -0.25) is 9.97 Å². The van der Waals surface area contributed by atoms with E-state index in [1.807, 2.05) is 55.1 Å². The maximum absolute atomic E-state index is 4.57. The molecule has 0 N–H and O–H groups in total. The summed E-state index contributed by atoms with van der Waals surface area (Å²) in [6, 6.07) is 21.1. The van der Waals surface area contributed by atoms with E-state index in [9.17, 15) is 0 Å². The minimum Gasteiger partial charge on any atom is -0.264 e. The molecule has 0 bridgehead atoms. The van der Waals surface area contributed by atoms with Crippen LogP contribution in [0.1, 0.15) is 116 Å². The maximum Gasteiger partial charge on any atom is 2.00 e. The first-order valence-corrected chi connectivity index (χ1v) is 17.3. The van der Waals surface area contributed by atoms with E-state index in [1.165, 1.54) is 33.4 Å². The van der Waals surface area contributed by atoms with Crippen LogP contribution in [0.3, 0.4) is 0 Å². The fraction of sp³-hybridized carbons (Fsp3) is 0.474. The fourth-order valence-electron chi connectivity index (χ4n) is 6.19. The van der Waals surface area contributed by atoms with Crippen molar-refractivity contribution in [2.45, 2.75) is 116 Å². The molecule has 2 nitrogen and oxygen atoms in total. The normalized spacial score (nSPS) is 12.9. The average molecular weight is 657 g/mol. The van der Waals surface area contributed by atoms with Crippen LogP contribution in [0.4, 0.5) is 0 Å². The predicted molar refractivity (Wildman–Crippen MR) is 190 cm³/mol. The largest absolute Gasteiger partial charge is 2.00 e. The van der Waals surface area contributed by atoms with Gasteiger partial charge in [-0.05, 0) is 45.1 Å². The summed E-state index contributed by atoms with van der Waals surface area (Å²) >= 11 is 0. The number of hydrogen-bond donors (Lipinski definition) is 0. The van der Waals surface area contributed by atoms with Crippen molar-refractivity contribution < 1.29 is 17.1 Å². The standard InChI is InChI=1S/C33H49N2P2.C5H5.Fe/c1-29(2,3)27-19-26(33(36,23-15-13-17-34-20-23)24-16-14-18-35-21-24)25(28(27)30(4,5)6)22-37(31(7,8)9)32(10,11)12;1-2-4-5-3-1;/h13-21H,22,36H2,1-12H3;1-5H;/q2*-1;+2. The van der Waals surface area contributed by atoms with Gasteiger partial charge in [0.25, 0.3) is 0 Å². The first-order chi connectivity index (χ1) is 19.3. The van der Waals surface area contributed by atoms with Gasteiger partial charge in [0.2, 0.25) is 0 Å². The molecule has 0 aliphatic heterocycles. The zero-order valence-electron chi connectivity index (χ0n) is 28.6. The Bertz CT molecular complexity index is 1310. The third-order valence-electron chi connectivity index (χ3n) is 7.89. The Morgan fingerprint density at radius 2 is 1.21 bits per heavy atom. The number of hydrogen-bond acceptors (Lipinski definition) is 2. The van der Waals surface area contributed by atoms with Crippen molar-refractivity contribution in [1.82, 2.24) is 9.97 Å². The van der Waals surface area contributed by atoms with Crippen LogP contribution in [0.15, 0.2) is 85.5 Å². The second-order valence-electron chi connectivity index (χ2n) is 15.5. The summed E-state index contributed by atoms with van der Waals surface area (Å²) in [7, 11) is 2.92. The van der Waals surface area contributed by atoms with Gasteiger partial charge in [0.15, 0.2) is 0 Å². The van der Waals surface area contributed by atoms with Crippen LogP contribution in [-0.4, -0.2) is 20.3 Å². The molecule has 0 radical (unpaired) electrons. The van der Waals surface area contributed by atoms with E-state index in [-0.39, 0.29) is 46.1 Å². The molecule has 0 spiro atoms. The van der Waals surface area contributed by atoms with Crippen molar-refractivity contribution in [2.75, 3.05) is 0 Å². The third kappa shape index (κ3) is 8.98. The molecule has 0 saturated heterocycles. The topological polar surface area (TPSA) is 25.8 Å². The number of rotatable bonds is 5. The minimum atomic E-state index is -0.446. The van der Waals surface area contributed by atoms with E-state index in [0.29, 0.717) is 0 Å². The van der Waals surface area contributed by atoms with Crippen molar-refractivity contribution in [3.8, 4) is 0 Å². The Hall–Kier alpha value is -1.62. The Morgan fingerprint density at radius 1 is 0.744 bits per heavy atom. The zero-order valence-corrected chi connectivity index (χ0v) is 31.7. The minimum absolute atomic E-state index is 0. The molecule has 4 aromatic rings. The van der Waals surface area contributed by atoms with E-state index in [1.54, 1.807) is 0 Å². The average Bonchev–Trinajstić information content (AvgIpc) is 3.58. The Kier molecular flexibility index (Phi) is 12.4. The quantitative estimate of drug-likeness (QED) is 0.121. The van der Waals surface area contributed by atoms with Gasteiger partial charge in [0.05, 0.1) is 0 Å². The van der Waals surface area contributed by atoms with Crippen LogP contribution in [0, 0.1) is 0 Å². The Morgan fingerprint density at radius 3 is 1.51 bits per heavy atom. The molecule has 2 aromatic heterocycles. The SMILES string of the molecule is CC(C)(C)c1cc(C(P)(c2cccnc2)c2cccnc2)c(CP(C(C)(C)C)C(C)(C)C)[c-]1C(C)(C)C.[Fe+2].c1cc[cH-]c1. The molecule has 0 fully saturated rings. The predicted octanol–water partition coefficient (Wildman–Crippen LogP) is 10.9. The summed E-state index contributed by atoms with van der Waals surface area (Å²) in [6.07, 6.45) is 8.88. The molecule has 0 aliphatic carbocycles. The summed E-state index contributed by atoms with van der Waals surface area (Å²) in [5.74, 6) is 0. The van der Waals surface area contributed by atoms with Gasteiger partial charge in [-0.1, -0.05) is 109 Å². The van der Waals surface area contributed by atoms with Gasteiger partial charge < -0.3 is 0 Å². The van der Waals surface area contributed by atoms with Crippen LogP contribution >= 0.6 is 17.2 Å². The number of nitrogens with zero attached hydrogens (tertiary/aromatic N) is 2. The van der Waals surface area contributed by atoms with Gasteiger partial charge in [0, 0.05) is 29.9 Å². The van der Waals surface area contributed by atoms with Gasteiger partial charge in [0.1, 0.15) is 0 Å². The Labute approximate surface area is 277 Å². The van der Waals surface area contributed by atoms with Gasteiger partial charge in [-0.25, -0.2) is 18.2 Å². The third-order valence-corrected chi connectivity index (χ3v) is 12.7. The van der Waals surface area contributed by atoms with Crippen molar-refractivity contribution in [3.05, 3.63) is 119 Å². The summed E-state index contributed by atoms with van der Waals surface area (Å²) in [4.78, 5) is 9.14. The molecule has 0 aliphatic rings. The second kappa shape index (κ2) is 14.2. The second-order valence-corrected chi connectivity index (χ2v) is 20.2. The van der Waals surface area contributed by atoms with E-state index < -0.39 is 5.16 Å². The van der Waals surface area contributed by atoms with Gasteiger partial charge in [-0.2, -0.15) is 34.9 Å². The molecule has 0 amide bonds. The first kappa shape index (κ1) is 37.6. The van der Waals surface area contributed by atoms with Crippen LogP contribution in [-0.2, 0) is 39.2 Å². The van der Waals surface area contributed by atoms with E-state index in [4.69, 9.17) is 0 Å². The first-order valence-electron chi connectivity index (χ1n) is 15.2. The smallest absolute Gasteiger partial charge is 0.264 e. The van der Waals surface area contributed by atoms with E-state index in [0.717, 1.165) is 6.16 Å². The Balaban J connectivity index is 0.000000973. The molecule has 5 heteroatoms. The van der Waals surface area contributed by atoms with Crippen LogP contribution in [0.5, 0.6) is 0 Å². The number of aromatic nitrogens is 2. The van der Waals surface area contributed by atoms with Crippen LogP contribution in [0.2, 0.25) is 0 Å². The molecule has 0 saturated carbocycles. The van der Waals surface area contributed by atoms with Gasteiger partial charge >= 0.3 is 17.1 Å². The zero-order chi connectivity index (χ0) is 31.6. The summed E-state index contributed by atoms with van der Waals surface area (Å²) in [5.41, 5.74) is 8.29. The van der Waals surface area contributed by atoms with E-state index in [2.05, 4.69) is 133 Å². The molecular formula is C38H54FeN2P2.